The maximum atomic E-state index is 2.33. The van der Waals surface area contributed by atoms with Crippen LogP contribution in [0.3, 0.4) is 0 Å². The zero-order chi connectivity index (χ0) is 27.3. The van der Waals surface area contributed by atoms with E-state index in [-0.39, 0.29) is 5.41 Å². The second-order valence-corrected chi connectivity index (χ2v) is 13.0. The van der Waals surface area contributed by atoms with Crippen LogP contribution in [0.5, 0.6) is 0 Å². The van der Waals surface area contributed by atoms with E-state index < -0.39 is 0 Å². The van der Waals surface area contributed by atoms with Crippen molar-refractivity contribution in [2.45, 2.75) is 115 Å². The number of hydrogen-bond donors (Lipinski definition) is 0. The molecule has 39 heavy (non-hydrogen) atoms. The highest BCUT2D eigenvalue weighted by molar-refractivity contribution is 7.37. The fourth-order valence-electron chi connectivity index (χ4n) is 6.12. The number of unbranched alkanes of at least 4 members (excludes halogenated alkanes) is 14. The van der Waals surface area contributed by atoms with Gasteiger partial charge in [-0.3, -0.25) is 0 Å². The lowest BCUT2D eigenvalue weighted by molar-refractivity contribution is 0.535. The van der Waals surface area contributed by atoms with Gasteiger partial charge in [-0.25, -0.2) is 0 Å². The van der Waals surface area contributed by atoms with Gasteiger partial charge in [-0.2, -0.15) is 0 Å². The van der Waals surface area contributed by atoms with Crippen molar-refractivity contribution in [1.82, 2.24) is 0 Å². The fraction of sp³-hybridized carbons (Fsp3) is 0.526. The van der Waals surface area contributed by atoms with E-state index in [9.17, 15) is 0 Å². The average Bonchev–Trinajstić information content (AvgIpc) is 3.00. The molecule has 0 saturated carbocycles. The van der Waals surface area contributed by atoms with Gasteiger partial charge in [0.2, 0.25) is 0 Å². The predicted molar refractivity (Wildman–Crippen MR) is 177 cm³/mol. The molecule has 0 spiro atoms. The zero-order valence-corrected chi connectivity index (χ0v) is 25.9. The quantitative estimate of drug-likeness (QED) is 0.0673. The Hall–Kier alpha value is -1.91. The monoisotopic (exact) mass is 542 g/mol. The molecule has 1 unspecified atom stereocenters. The summed E-state index contributed by atoms with van der Waals surface area (Å²) in [4.78, 5) is 0. The molecule has 1 heteroatoms. The second kappa shape index (κ2) is 20.0. The van der Waals surface area contributed by atoms with Gasteiger partial charge < -0.3 is 0 Å². The fourth-order valence-corrected chi connectivity index (χ4v) is 7.43. The molecule has 0 bridgehead atoms. The minimum Gasteiger partial charge on any atom is -0.122 e. The first-order chi connectivity index (χ1) is 19.4. The number of benzene rings is 3. The van der Waals surface area contributed by atoms with Crippen molar-refractivity contribution in [2.24, 2.45) is 0 Å². The molecule has 3 aromatic rings. The van der Waals surface area contributed by atoms with Crippen molar-refractivity contribution >= 4 is 8.58 Å². The first-order valence-corrected chi connectivity index (χ1v) is 17.7. The van der Waals surface area contributed by atoms with Gasteiger partial charge in [0.15, 0.2) is 0 Å². The minimum absolute atomic E-state index is 0.0775. The van der Waals surface area contributed by atoms with Gasteiger partial charge >= 0.3 is 0 Å². The van der Waals surface area contributed by atoms with Crippen LogP contribution in [0.15, 0.2) is 91.0 Å². The minimum atomic E-state index is -0.0775. The van der Waals surface area contributed by atoms with Gasteiger partial charge in [-0.05, 0) is 41.9 Å². The van der Waals surface area contributed by atoms with Crippen LogP contribution >= 0.6 is 8.58 Å². The lowest BCUT2D eigenvalue weighted by Crippen LogP contribution is -2.30. The Morgan fingerprint density at radius 1 is 0.410 bits per heavy atom. The Morgan fingerprint density at radius 2 is 0.744 bits per heavy atom. The van der Waals surface area contributed by atoms with Gasteiger partial charge in [-0.1, -0.05) is 188 Å². The van der Waals surface area contributed by atoms with Gasteiger partial charge in [0.25, 0.3) is 0 Å². The topological polar surface area (TPSA) is 0 Å². The second-order valence-electron chi connectivity index (χ2n) is 11.5. The third-order valence-electron chi connectivity index (χ3n) is 8.43. The summed E-state index contributed by atoms with van der Waals surface area (Å²) in [5, 5.41) is 0. The normalized spacial score (nSPS) is 11.9. The van der Waals surface area contributed by atoms with Crippen molar-refractivity contribution < 1.29 is 0 Å². The Morgan fingerprint density at radius 3 is 1.10 bits per heavy atom. The molecule has 3 aromatic carbocycles. The first kappa shape index (κ1) is 31.6. The Bertz CT molecular complexity index is 853. The molecule has 0 nitrogen and oxygen atoms in total. The average molecular weight is 543 g/mol. The summed E-state index contributed by atoms with van der Waals surface area (Å²) >= 11 is 0. The zero-order valence-electron chi connectivity index (χ0n) is 24.9. The molecule has 0 aromatic heterocycles. The van der Waals surface area contributed by atoms with Gasteiger partial charge in [0.05, 0.1) is 0 Å². The molecule has 0 aliphatic carbocycles. The van der Waals surface area contributed by atoms with E-state index >= 15 is 0 Å². The lowest BCUT2D eigenvalue weighted by atomic mass is 9.68. The first-order valence-electron chi connectivity index (χ1n) is 16.2. The van der Waals surface area contributed by atoms with Crippen LogP contribution in [-0.4, -0.2) is 12.3 Å². The van der Waals surface area contributed by atoms with E-state index in [1.807, 2.05) is 0 Å². The maximum absolute atomic E-state index is 2.33. The Labute approximate surface area is 243 Å². The predicted octanol–water partition coefficient (Wildman–Crippen LogP) is 12.0. The molecule has 0 fully saturated rings. The molecule has 0 N–H and O–H groups in total. The van der Waals surface area contributed by atoms with Gasteiger partial charge in [-0.15, -0.1) is 8.58 Å². The standard InChI is InChI=1S/C38H55P/c1-2-3-4-5-6-7-8-9-10-11-12-13-14-15-25-33-39-34-32-38(35-26-19-16-20-27-35,36-28-21-17-22-29-36)37-30-23-18-24-31-37/h16-24,26-31,39H,2-15,25,32-34H2,1H3. The van der Waals surface area contributed by atoms with Crippen LogP contribution in [0, 0.1) is 0 Å². The molecule has 0 aliphatic rings. The van der Waals surface area contributed by atoms with E-state index in [1.165, 1.54) is 132 Å². The van der Waals surface area contributed by atoms with Crippen LogP contribution < -0.4 is 0 Å². The summed E-state index contributed by atoms with van der Waals surface area (Å²) in [7, 11) is 1.05. The van der Waals surface area contributed by atoms with Crippen LogP contribution in [0.4, 0.5) is 0 Å². The molecule has 3 rings (SSSR count). The summed E-state index contributed by atoms with van der Waals surface area (Å²) in [6, 6.07) is 33.6. The molecule has 0 aliphatic heterocycles. The van der Waals surface area contributed by atoms with Crippen molar-refractivity contribution in [3.05, 3.63) is 108 Å². The van der Waals surface area contributed by atoms with E-state index in [0.717, 1.165) is 8.58 Å². The van der Waals surface area contributed by atoms with E-state index in [1.54, 1.807) is 0 Å². The van der Waals surface area contributed by atoms with Gasteiger partial charge in [0, 0.05) is 5.41 Å². The van der Waals surface area contributed by atoms with E-state index in [0.29, 0.717) is 0 Å². The maximum Gasteiger partial charge on any atom is 0.0454 e. The molecule has 0 amide bonds. The highest BCUT2D eigenvalue weighted by atomic mass is 31.1. The van der Waals surface area contributed by atoms with Crippen LogP contribution in [0.25, 0.3) is 0 Å². The lowest BCUT2D eigenvalue weighted by Gasteiger charge is -2.36. The summed E-state index contributed by atoms with van der Waals surface area (Å²) in [5.74, 6) is 0. The molecular weight excluding hydrogens is 487 g/mol. The highest BCUT2D eigenvalue weighted by Gasteiger charge is 2.35. The number of rotatable bonds is 22. The van der Waals surface area contributed by atoms with E-state index in [4.69, 9.17) is 0 Å². The molecule has 0 radical (unpaired) electrons. The smallest absolute Gasteiger partial charge is 0.0454 e. The van der Waals surface area contributed by atoms with Crippen molar-refractivity contribution in [3.63, 3.8) is 0 Å². The van der Waals surface area contributed by atoms with Crippen molar-refractivity contribution in [2.75, 3.05) is 12.3 Å². The number of hydrogen-bond acceptors (Lipinski definition) is 0. The van der Waals surface area contributed by atoms with Crippen molar-refractivity contribution in [3.8, 4) is 0 Å². The van der Waals surface area contributed by atoms with E-state index in [2.05, 4.69) is 97.9 Å². The largest absolute Gasteiger partial charge is 0.122 e. The van der Waals surface area contributed by atoms with Crippen LogP contribution in [-0.2, 0) is 5.41 Å². The third-order valence-corrected chi connectivity index (χ3v) is 9.74. The summed E-state index contributed by atoms with van der Waals surface area (Å²) in [6.07, 6.45) is 25.5. The Kier molecular flexibility index (Phi) is 16.2. The molecular formula is C38H55P. The Balaban J connectivity index is 1.34. The summed E-state index contributed by atoms with van der Waals surface area (Å²) in [6.45, 7) is 2.30. The van der Waals surface area contributed by atoms with Crippen LogP contribution in [0.2, 0.25) is 0 Å². The third kappa shape index (κ3) is 11.2. The molecule has 212 valence electrons. The highest BCUT2D eigenvalue weighted by Crippen LogP contribution is 2.43. The van der Waals surface area contributed by atoms with Crippen molar-refractivity contribution in [1.29, 1.82) is 0 Å². The molecule has 0 heterocycles. The SMILES string of the molecule is CCCCCCCCCCCCCCCCCPCCC(c1ccccc1)(c1ccccc1)c1ccccc1. The summed E-state index contributed by atoms with van der Waals surface area (Å²) in [5.41, 5.74) is 4.17. The molecule has 1 atom stereocenters. The summed E-state index contributed by atoms with van der Waals surface area (Å²) < 4.78 is 0. The van der Waals surface area contributed by atoms with Gasteiger partial charge in [0.1, 0.15) is 0 Å². The van der Waals surface area contributed by atoms with Crippen LogP contribution in [0.1, 0.15) is 126 Å². The molecule has 0 saturated heterocycles.